The first-order chi connectivity index (χ1) is 14.7. The fourth-order valence-electron chi connectivity index (χ4n) is 7.51. The Kier molecular flexibility index (Phi) is 4.49. The predicted octanol–water partition coefficient (Wildman–Crippen LogP) is 5.98. The van der Waals surface area contributed by atoms with E-state index in [1.807, 2.05) is 12.4 Å². The van der Waals surface area contributed by atoms with Crippen LogP contribution in [0.3, 0.4) is 0 Å². The van der Waals surface area contributed by atoms with E-state index in [-0.39, 0.29) is 0 Å². The standard InChI is InChI=1S/C27H33N3/c28-8-2-1-3-23-24-14-22(27-15-18-11-19(16-27)13-20(12-18)17-27)4-5-25(24)30-26(23)21-6-9-29-10-7-21/h4-7,9-10,14,18-20,30H,1-3,8,11-13,15-17,28H2. The average Bonchev–Trinajstić information content (AvgIpc) is 3.12. The summed E-state index contributed by atoms with van der Waals surface area (Å²) in [4.78, 5) is 7.97. The summed E-state index contributed by atoms with van der Waals surface area (Å²) in [5.74, 6) is 2.94. The molecule has 0 amide bonds. The Morgan fingerprint density at radius 1 is 0.933 bits per heavy atom. The van der Waals surface area contributed by atoms with Crippen LogP contribution in [0.4, 0.5) is 0 Å². The molecule has 0 radical (unpaired) electrons. The molecule has 4 aliphatic rings. The molecule has 0 aliphatic heterocycles. The fourth-order valence-corrected chi connectivity index (χ4v) is 7.51. The van der Waals surface area contributed by atoms with E-state index in [0.717, 1.165) is 43.6 Å². The van der Waals surface area contributed by atoms with Gasteiger partial charge in [0.05, 0.1) is 0 Å². The van der Waals surface area contributed by atoms with Gasteiger partial charge < -0.3 is 10.7 Å². The predicted molar refractivity (Wildman–Crippen MR) is 123 cm³/mol. The van der Waals surface area contributed by atoms with E-state index in [4.69, 9.17) is 5.73 Å². The number of pyridine rings is 1. The lowest BCUT2D eigenvalue weighted by molar-refractivity contribution is -0.00513. The molecule has 0 unspecified atom stereocenters. The molecule has 2 heterocycles. The van der Waals surface area contributed by atoms with Crippen molar-refractivity contribution in [1.29, 1.82) is 0 Å². The molecule has 3 nitrogen and oxygen atoms in total. The normalized spacial score (nSPS) is 29.7. The van der Waals surface area contributed by atoms with Gasteiger partial charge in [-0.3, -0.25) is 4.98 Å². The Hall–Kier alpha value is -2.13. The number of H-pyrrole nitrogens is 1. The maximum absolute atomic E-state index is 5.81. The van der Waals surface area contributed by atoms with Gasteiger partial charge in [-0.2, -0.15) is 0 Å². The Balaban J connectivity index is 1.45. The molecule has 4 aliphatic carbocycles. The first-order valence-electron chi connectivity index (χ1n) is 12.0. The van der Waals surface area contributed by atoms with Gasteiger partial charge in [0, 0.05) is 34.6 Å². The van der Waals surface area contributed by atoms with Crippen LogP contribution in [0.1, 0.15) is 62.5 Å². The van der Waals surface area contributed by atoms with Crippen LogP contribution >= 0.6 is 0 Å². The third kappa shape index (κ3) is 3.01. The highest BCUT2D eigenvalue weighted by molar-refractivity contribution is 5.91. The minimum absolute atomic E-state index is 0.450. The first kappa shape index (κ1) is 18.6. The van der Waals surface area contributed by atoms with Gasteiger partial charge in [-0.05, 0) is 123 Å². The van der Waals surface area contributed by atoms with Gasteiger partial charge in [-0.1, -0.05) is 6.07 Å². The van der Waals surface area contributed by atoms with Crippen LogP contribution in [0.2, 0.25) is 0 Å². The summed E-state index contributed by atoms with van der Waals surface area (Å²) >= 11 is 0. The molecule has 0 saturated heterocycles. The summed E-state index contributed by atoms with van der Waals surface area (Å²) in [6, 6.07) is 11.6. The van der Waals surface area contributed by atoms with E-state index in [2.05, 4.69) is 40.3 Å². The monoisotopic (exact) mass is 399 g/mol. The molecule has 0 atom stereocenters. The molecular weight excluding hydrogens is 366 g/mol. The van der Waals surface area contributed by atoms with Gasteiger partial charge in [-0.15, -0.1) is 0 Å². The van der Waals surface area contributed by atoms with Crippen molar-refractivity contribution in [2.75, 3.05) is 6.54 Å². The van der Waals surface area contributed by atoms with Gasteiger partial charge in [0.1, 0.15) is 0 Å². The maximum Gasteiger partial charge on any atom is 0.0498 e. The van der Waals surface area contributed by atoms with Crippen molar-refractivity contribution in [2.45, 2.75) is 63.2 Å². The van der Waals surface area contributed by atoms with E-state index in [0.29, 0.717) is 5.41 Å². The number of unbranched alkanes of at least 4 members (excludes halogenated alkanes) is 1. The number of nitrogens with zero attached hydrogens (tertiary/aromatic N) is 1. The lowest BCUT2D eigenvalue weighted by Gasteiger charge is -2.57. The van der Waals surface area contributed by atoms with E-state index in [9.17, 15) is 0 Å². The molecule has 156 valence electrons. The number of hydrogen-bond donors (Lipinski definition) is 2. The minimum atomic E-state index is 0.450. The zero-order valence-corrected chi connectivity index (χ0v) is 17.9. The number of rotatable bonds is 6. The second kappa shape index (κ2) is 7.23. The summed E-state index contributed by atoms with van der Waals surface area (Å²) in [6.07, 6.45) is 15.9. The molecule has 2 aromatic heterocycles. The minimum Gasteiger partial charge on any atom is -0.354 e. The molecule has 3 N–H and O–H groups in total. The van der Waals surface area contributed by atoms with Crippen molar-refractivity contribution >= 4 is 10.9 Å². The van der Waals surface area contributed by atoms with Gasteiger partial charge in [0.2, 0.25) is 0 Å². The second-order valence-electron chi connectivity index (χ2n) is 10.4. The zero-order chi connectivity index (χ0) is 20.1. The Labute approximate surface area is 179 Å². The number of aromatic nitrogens is 2. The van der Waals surface area contributed by atoms with Crippen LogP contribution in [0.25, 0.3) is 22.2 Å². The van der Waals surface area contributed by atoms with Crippen molar-refractivity contribution in [1.82, 2.24) is 9.97 Å². The van der Waals surface area contributed by atoms with Crippen LogP contribution in [0.5, 0.6) is 0 Å². The largest absolute Gasteiger partial charge is 0.354 e. The summed E-state index contributed by atoms with van der Waals surface area (Å²) < 4.78 is 0. The van der Waals surface area contributed by atoms with Gasteiger partial charge >= 0.3 is 0 Å². The highest BCUT2D eigenvalue weighted by atomic mass is 14.7. The number of hydrogen-bond acceptors (Lipinski definition) is 2. The molecule has 0 spiro atoms. The summed E-state index contributed by atoms with van der Waals surface area (Å²) in [7, 11) is 0. The average molecular weight is 400 g/mol. The number of fused-ring (bicyclic) bond motifs is 1. The number of nitrogens with two attached hydrogens (primary N) is 1. The quantitative estimate of drug-likeness (QED) is 0.501. The van der Waals surface area contributed by atoms with Crippen LogP contribution in [-0.2, 0) is 11.8 Å². The maximum atomic E-state index is 5.81. The number of aryl methyl sites for hydroxylation is 1. The topological polar surface area (TPSA) is 54.7 Å². The molecule has 4 saturated carbocycles. The third-order valence-electron chi connectivity index (χ3n) is 8.41. The Bertz CT molecular complexity index is 1010. The van der Waals surface area contributed by atoms with Crippen LogP contribution in [0.15, 0.2) is 42.7 Å². The molecule has 3 heteroatoms. The van der Waals surface area contributed by atoms with E-state index in [1.165, 1.54) is 66.2 Å². The second-order valence-corrected chi connectivity index (χ2v) is 10.4. The number of nitrogens with one attached hydrogen (secondary N) is 1. The van der Waals surface area contributed by atoms with Crippen molar-refractivity contribution in [3.63, 3.8) is 0 Å². The first-order valence-corrected chi connectivity index (χ1v) is 12.0. The van der Waals surface area contributed by atoms with Gasteiger partial charge in [0.25, 0.3) is 0 Å². The molecule has 7 rings (SSSR count). The Morgan fingerprint density at radius 3 is 2.30 bits per heavy atom. The molecule has 30 heavy (non-hydrogen) atoms. The van der Waals surface area contributed by atoms with Crippen LogP contribution in [0, 0.1) is 17.8 Å². The number of aromatic amines is 1. The summed E-state index contributed by atoms with van der Waals surface area (Å²) in [5.41, 5.74) is 13.1. The lowest BCUT2D eigenvalue weighted by atomic mass is 9.48. The lowest BCUT2D eigenvalue weighted by Crippen LogP contribution is -2.48. The SMILES string of the molecule is NCCCCc1c(-c2ccncc2)[nH]c2ccc(C34CC5CC(CC(C5)C3)C4)cc12. The van der Waals surface area contributed by atoms with Crippen molar-refractivity contribution in [2.24, 2.45) is 23.5 Å². The van der Waals surface area contributed by atoms with E-state index in [1.54, 1.807) is 5.56 Å². The van der Waals surface area contributed by atoms with Crippen LogP contribution in [-0.4, -0.2) is 16.5 Å². The summed E-state index contributed by atoms with van der Waals surface area (Å²) in [6.45, 7) is 0.769. The zero-order valence-electron chi connectivity index (χ0n) is 17.9. The Morgan fingerprint density at radius 2 is 1.63 bits per heavy atom. The molecule has 1 aromatic carbocycles. The molecule has 3 aromatic rings. The highest BCUT2D eigenvalue weighted by Gasteiger charge is 2.51. The summed E-state index contributed by atoms with van der Waals surface area (Å²) in [5, 5.41) is 1.44. The van der Waals surface area contributed by atoms with E-state index >= 15 is 0 Å². The molecule has 4 fully saturated rings. The molecule has 4 bridgehead atoms. The molecular formula is C27H33N3. The van der Waals surface area contributed by atoms with Crippen LogP contribution < -0.4 is 5.73 Å². The number of benzene rings is 1. The van der Waals surface area contributed by atoms with E-state index < -0.39 is 0 Å². The van der Waals surface area contributed by atoms with Crippen molar-refractivity contribution in [3.05, 3.63) is 53.9 Å². The van der Waals surface area contributed by atoms with Crippen molar-refractivity contribution < 1.29 is 0 Å². The third-order valence-corrected chi connectivity index (χ3v) is 8.41. The highest BCUT2D eigenvalue weighted by Crippen LogP contribution is 2.61. The van der Waals surface area contributed by atoms with Crippen molar-refractivity contribution in [3.8, 4) is 11.3 Å². The van der Waals surface area contributed by atoms with Gasteiger partial charge in [-0.25, -0.2) is 0 Å². The fraction of sp³-hybridized carbons (Fsp3) is 0.519. The smallest absolute Gasteiger partial charge is 0.0498 e. The van der Waals surface area contributed by atoms with Gasteiger partial charge in [0.15, 0.2) is 0 Å².